The van der Waals surface area contributed by atoms with E-state index in [0.717, 1.165) is 43.5 Å². The van der Waals surface area contributed by atoms with Crippen molar-refractivity contribution in [2.75, 3.05) is 19.9 Å². The number of carbonyl (C=O) groups excluding carboxylic acids is 1. The Morgan fingerprint density at radius 3 is 2.59 bits per heavy atom. The van der Waals surface area contributed by atoms with Gasteiger partial charge in [-0.2, -0.15) is 0 Å². The minimum atomic E-state index is -3.77. The molecule has 7 nitrogen and oxygen atoms in total. The van der Waals surface area contributed by atoms with E-state index in [9.17, 15) is 13.2 Å². The number of hydrogen-bond acceptors (Lipinski definition) is 5. The van der Waals surface area contributed by atoms with E-state index in [1.807, 2.05) is 11.8 Å². The molecule has 4 rings (SSSR count). The average Bonchev–Trinajstić information content (AvgIpc) is 3.20. The van der Waals surface area contributed by atoms with E-state index in [2.05, 4.69) is 4.72 Å². The van der Waals surface area contributed by atoms with E-state index in [-0.39, 0.29) is 24.1 Å². The summed E-state index contributed by atoms with van der Waals surface area (Å²) >= 11 is 0. The molecule has 2 aromatic rings. The predicted molar refractivity (Wildman–Crippen MR) is 108 cm³/mol. The van der Waals surface area contributed by atoms with Crippen LogP contribution in [0.15, 0.2) is 41.3 Å². The van der Waals surface area contributed by atoms with E-state index in [1.54, 1.807) is 24.3 Å². The number of fused-ring (bicyclic) bond motifs is 1. The van der Waals surface area contributed by atoms with Gasteiger partial charge in [-0.25, -0.2) is 13.1 Å². The Balaban J connectivity index is 1.51. The Bertz CT molecular complexity index is 1030. The molecule has 2 aliphatic heterocycles. The lowest BCUT2D eigenvalue weighted by molar-refractivity contribution is 0.0723. The number of rotatable bonds is 5. The fraction of sp³-hybridized carbons (Fsp3) is 0.381. The zero-order valence-corrected chi connectivity index (χ0v) is 17.1. The lowest BCUT2D eigenvalue weighted by atomic mass is 10.1. The summed E-state index contributed by atoms with van der Waals surface area (Å²) < 4.78 is 38.8. The molecule has 1 saturated heterocycles. The number of nitrogens with zero attached hydrogens (tertiary/aromatic N) is 1. The zero-order valence-electron chi connectivity index (χ0n) is 16.3. The minimum Gasteiger partial charge on any atom is -0.454 e. The van der Waals surface area contributed by atoms with Crippen LogP contribution in [0.25, 0.3) is 0 Å². The Hall–Kier alpha value is -2.58. The second kappa shape index (κ2) is 8.04. The van der Waals surface area contributed by atoms with Crippen molar-refractivity contribution in [3.05, 3.63) is 53.1 Å². The summed E-state index contributed by atoms with van der Waals surface area (Å²) in [5.74, 6) is 1.15. The largest absolute Gasteiger partial charge is 0.454 e. The highest BCUT2D eigenvalue weighted by Gasteiger charge is 2.23. The van der Waals surface area contributed by atoms with E-state index < -0.39 is 10.0 Å². The number of sulfonamides is 1. The molecular weight excluding hydrogens is 392 g/mol. The molecule has 1 N–H and O–H groups in total. The highest BCUT2D eigenvalue weighted by molar-refractivity contribution is 7.89. The van der Waals surface area contributed by atoms with Gasteiger partial charge in [-0.05, 0) is 61.6 Å². The number of hydrogen-bond donors (Lipinski definition) is 1. The number of piperidine rings is 1. The van der Waals surface area contributed by atoms with E-state index >= 15 is 0 Å². The van der Waals surface area contributed by atoms with Crippen molar-refractivity contribution < 1.29 is 22.7 Å². The topological polar surface area (TPSA) is 84.9 Å². The summed E-state index contributed by atoms with van der Waals surface area (Å²) in [6.45, 7) is 3.55. The van der Waals surface area contributed by atoms with E-state index in [0.29, 0.717) is 17.1 Å². The van der Waals surface area contributed by atoms with Crippen molar-refractivity contribution in [2.45, 2.75) is 37.6 Å². The fourth-order valence-electron chi connectivity index (χ4n) is 3.58. The van der Waals surface area contributed by atoms with Gasteiger partial charge in [0, 0.05) is 25.2 Å². The van der Waals surface area contributed by atoms with Crippen LogP contribution in [0.1, 0.15) is 40.7 Å². The predicted octanol–water partition coefficient (Wildman–Crippen LogP) is 2.83. The molecule has 0 spiro atoms. The van der Waals surface area contributed by atoms with Crippen molar-refractivity contribution >= 4 is 15.9 Å². The maximum absolute atomic E-state index is 12.9. The van der Waals surface area contributed by atoms with Crippen LogP contribution >= 0.6 is 0 Å². The number of benzene rings is 2. The summed E-state index contributed by atoms with van der Waals surface area (Å²) in [5.41, 5.74) is 1.97. The van der Waals surface area contributed by atoms with Crippen LogP contribution in [0.2, 0.25) is 0 Å². The van der Waals surface area contributed by atoms with Crippen LogP contribution in [0.4, 0.5) is 0 Å². The number of nitrogens with one attached hydrogen (secondary N) is 1. The molecule has 0 aromatic heterocycles. The molecule has 2 aromatic carbocycles. The van der Waals surface area contributed by atoms with Gasteiger partial charge in [-0.15, -0.1) is 0 Å². The first kappa shape index (κ1) is 19.7. The Labute approximate surface area is 170 Å². The molecule has 1 amide bonds. The van der Waals surface area contributed by atoms with Gasteiger partial charge in [0.1, 0.15) is 0 Å². The van der Waals surface area contributed by atoms with Gasteiger partial charge in [0.2, 0.25) is 16.8 Å². The number of aryl methyl sites for hydroxylation is 1. The van der Waals surface area contributed by atoms with Crippen LogP contribution in [-0.2, 0) is 16.6 Å². The first-order chi connectivity index (χ1) is 13.9. The molecule has 0 radical (unpaired) electrons. The smallest absolute Gasteiger partial charge is 0.254 e. The van der Waals surface area contributed by atoms with Gasteiger partial charge in [0.15, 0.2) is 11.5 Å². The van der Waals surface area contributed by atoms with Gasteiger partial charge in [0.05, 0.1) is 4.90 Å². The Kier molecular flexibility index (Phi) is 5.47. The maximum atomic E-state index is 12.9. The Morgan fingerprint density at radius 2 is 1.79 bits per heavy atom. The van der Waals surface area contributed by atoms with Crippen molar-refractivity contribution in [3.63, 3.8) is 0 Å². The molecule has 0 aliphatic carbocycles. The van der Waals surface area contributed by atoms with Crippen molar-refractivity contribution in [2.24, 2.45) is 0 Å². The quantitative estimate of drug-likeness (QED) is 0.810. The molecule has 2 aliphatic rings. The van der Waals surface area contributed by atoms with Crippen LogP contribution in [0, 0.1) is 6.92 Å². The van der Waals surface area contributed by atoms with Crippen LogP contribution in [-0.4, -0.2) is 39.1 Å². The first-order valence-electron chi connectivity index (χ1n) is 9.72. The molecule has 0 bridgehead atoms. The second-order valence-corrected chi connectivity index (χ2v) is 9.11. The van der Waals surface area contributed by atoms with Crippen LogP contribution in [0.5, 0.6) is 11.5 Å². The minimum absolute atomic E-state index is 0.0872. The SMILES string of the molecule is Cc1ccc(S(=O)(=O)NCc2ccc3c(c2)OCO3)cc1C(=O)N1CCCCC1. The molecule has 0 unspecified atom stereocenters. The number of ether oxygens (including phenoxy) is 2. The summed E-state index contributed by atoms with van der Waals surface area (Å²) in [5, 5.41) is 0. The van der Waals surface area contributed by atoms with Crippen LogP contribution in [0.3, 0.4) is 0 Å². The summed E-state index contributed by atoms with van der Waals surface area (Å²) in [7, 11) is -3.77. The molecule has 0 atom stereocenters. The molecule has 154 valence electrons. The summed E-state index contributed by atoms with van der Waals surface area (Å²) in [6, 6.07) is 10.00. The third-order valence-electron chi connectivity index (χ3n) is 5.30. The standard InChI is InChI=1S/C21H24N2O5S/c1-15-5-7-17(12-18(15)21(24)23-9-3-2-4-10-23)29(25,26)22-13-16-6-8-19-20(11-16)28-14-27-19/h5-8,11-12,22H,2-4,9-10,13-14H2,1H3. The molecule has 1 fully saturated rings. The highest BCUT2D eigenvalue weighted by atomic mass is 32.2. The second-order valence-electron chi connectivity index (χ2n) is 7.34. The number of carbonyl (C=O) groups is 1. The fourth-order valence-corrected chi connectivity index (χ4v) is 4.62. The molecule has 8 heteroatoms. The lowest BCUT2D eigenvalue weighted by Crippen LogP contribution is -2.36. The van der Waals surface area contributed by atoms with E-state index in [1.165, 1.54) is 12.1 Å². The lowest BCUT2D eigenvalue weighted by Gasteiger charge is -2.27. The van der Waals surface area contributed by atoms with Gasteiger partial charge in [-0.3, -0.25) is 4.79 Å². The normalized spacial score (nSPS) is 16.1. The summed E-state index contributed by atoms with van der Waals surface area (Å²) in [4.78, 5) is 14.8. The van der Waals surface area contributed by atoms with Gasteiger partial charge in [0.25, 0.3) is 5.91 Å². The third-order valence-corrected chi connectivity index (χ3v) is 6.70. The van der Waals surface area contributed by atoms with Crippen molar-refractivity contribution in [1.29, 1.82) is 0 Å². The molecule has 29 heavy (non-hydrogen) atoms. The molecule has 2 heterocycles. The van der Waals surface area contributed by atoms with Gasteiger partial charge < -0.3 is 14.4 Å². The van der Waals surface area contributed by atoms with Gasteiger partial charge in [-0.1, -0.05) is 12.1 Å². The monoisotopic (exact) mass is 416 g/mol. The summed E-state index contributed by atoms with van der Waals surface area (Å²) in [6.07, 6.45) is 3.10. The Morgan fingerprint density at radius 1 is 1.03 bits per heavy atom. The number of likely N-dealkylation sites (tertiary alicyclic amines) is 1. The highest BCUT2D eigenvalue weighted by Crippen LogP contribution is 2.32. The average molecular weight is 416 g/mol. The first-order valence-corrected chi connectivity index (χ1v) is 11.2. The molecule has 0 saturated carbocycles. The zero-order chi connectivity index (χ0) is 20.4. The van der Waals surface area contributed by atoms with Crippen molar-refractivity contribution in [3.8, 4) is 11.5 Å². The van der Waals surface area contributed by atoms with Crippen LogP contribution < -0.4 is 14.2 Å². The number of amides is 1. The van der Waals surface area contributed by atoms with E-state index in [4.69, 9.17) is 9.47 Å². The molecular formula is C21H24N2O5S. The van der Waals surface area contributed by atoms with Crippen molar-refractivity contribution in [1.82, 2.24) is 9.62 Å². The third kappa shape index (κ3) is 4.23. The van der Waals surface area contributed by atoms with Gasteiger partial charge >= 0.3 is 0 Å². The maximum Gasteiger partial charge on any atom is 0.254 e.